The molecule has 2 rings (SSSR count). The molecule has 0 aromatic heterocycles. The van der Waals surface area contributed by atoms with E-state index in [4.69, 9.17) is 5.26 Å². The Morgan fingerprint density at radius 3 is 2.00 bits per heavy atom. The number of hydrogen-bond donors (Lipinski definition) is 1. The summed E-state index contributed by atoms with van der Waals surface area (Å²) in [5.74, 6) is 0. The molecule has 0 fully saturated rings. The Bertz CT molecular complexity index is 247. The fourth-order valence-electron chi connectivity index (χ4n) is 0.676. The number of nitriles is 1. The van der Waals surface area contributed by atoms with Crippen molar-refractivity contribution in [2.45, 2.75) is 0 Å². The van der Waals surface area contributed by atoms with Crippen LogP contribution in [-0.4, -0.2) is 0 Å². The van der Waals surface area contributed by atoms with Gasteiger partial charge in [0.15, 0.2) is 6.19 Å². The molecule has 0 unspecified atom stereocenters. The van der Waals surface area contributed by atoms with Crippen molar-refractivity contribution in [2.75, 3.05) is 0 Å². The second-order valence-electron chi connectivity index (χ2n) is 1.79. The molecule has 2 aliphatic carbocycles. The van der Waals surface area contributed by atoms with E-state index < -0.39 is 0 Å². The summed E-state index contributed by atoms with van der Waals surface area (Å²) in [7, 11) is 0. The first kappa shape index (κ1) is 6.91. The maximum Gasteiger partial charge on any atom is 0.192 e. The van der Waals surface area contributed by atoms with Gasteiger partial charge < -0.3 is 0 Å². The van der Waals surface area contributed by atoms with Gasteiger partial charge in [0, 0.05) is 11.8 Å². The van der Waals surface area contributed by atoms with Crippen molar-refractivity contribution >= 4 is 11.8 Å². The van der Waals surface area contributed by atoms with Gasteiger partial charge in [-0.2, -0.15) is 5.26 Å². The van der Waals surface area contributed by atoms with Crippen LogP contribution in [0.2, 0.25) is 0 Å². The molecule has 0 radical (unpaired) electrons. The topological polar surface area (TPSA) is 35.8 Å². The highest BCUT2D eigenvalue weighted by Gasteiger charge is 2.06. The summed E-state index contributed by atoms with van der Waals surface area (Å²) < 4.78 is 0. The number of rotatable bonds is 0. The number of hydrogen-bond acceptors (Lipinski definition) is 2. The Kier molecular flexibility index (Phi) is 2.14. The van der Waals surface area contributed by atoms with Crippen LogP contribution in [0.4, 0.5) is 0 Å². The summed E-state index contributed by atoms with van der Waals surface area (Å²) in [5.41, 5.74) is 2.85. The van der Waals surface area contributed by atoms with E-state index in [2.05, 4.69) is 36.0 Å². The van der Waals surface area contributed by atoms with Crippen molar-refractivity contribution in [1.29, 1.82) is 5.26 Å². The van der Waals surface area contributed by atoms with E-state index in [1.165, 1.54) is 17.3 Å². The van der Waals surface area contributed by atoms with Crippen LogP contribution in [0.5, 0.6) is 0 Å². The molecule has 50 valence electrons. The molecule has 2 aliphatic rings. The maximum absolute atomic E-state index is 7.38. The highest BCUT2D eigenvalue weighted by Crippen LogP contribution is 2.32. The van der Waals surface area contributed by atoms with Crippen molar-refractivity contribution in [1.82, 2.24) is 4.84 Å². The van der Waals surface area contributed by atoms with Gasteiger partial charge in [0.25, 0.3) is 0 Å². The van der Waals surface area contributed by atoms with Gasteiger partial charge in [-0.3, -0.25) is 0 Å². The predicted molar refractivity (Wildman–Crippen MR) is 40.0 cm³/mol. The lowest BCUT2D eigenvalue weighted by Gasteiger charge is -1.54. The molecule has 0 aromatic carbocycles. The first-order chi connectivity index (χ1) is 4.88. The number of nitrogens with one attached hydrogen (secondary N) is 1. The van der Waals surface area contributed by atoms with Crippen molar-refractivity contribution < 1.29 is 0 Å². The van der Waals surface area contributed by atoms with E-state index in [0.29, 0.717) is 0 Å². The molecular weight excluding hydrogens is 148 g/mol. The minimum absolute atomic E-state index is 1.43. The van der Waals surface area contributed by atoms with Gasteiger partial charge in [-0.15, -0.1) is 0 Å². The van der Waals surface area contributed by atoms with E-state index in [0.717, 1.165) is 0 Å². The van der Waals surface area contributed by atoms with Crippen LogP contribution in [-0.2, 0) is 0 Å². The standard InChI is InChI=1S/C6H4.CHClN2/c1-2-5-4-6(5)3-1;2-4-1-3/h1-4H;4H. The number of nitrogens with zero attached hydrogens (tertiary/aromatic N) is 1. The van der Waals surface area contributed by atoms with Gasteiger partial charge >= 0.3 is 0 Å². The van der Waals surface area contributed by atoms with Crippen LogP contribution in [0.25, 0.3) is 11.1 Å². The Balaban J connectivity index is 0.000000112. The Hall–Kier alpha value is -1.20. The quantitative estimate of drug-likeness (QED) is 0.356. The third-order valence-electron chi connectivity index (χ3n) is 1.15. The van der Waals surface area contributed by atoms with Crippen molar-refractivity contribution in [3.63, 3.8) is 0 Å². The molecule has 0 bridgehead atoms. The fourth-order valence-corrected chi connectivity index (χ4v) is 0.676. The minimum Gasteiger partial charge on any atom is -0.235 e. The van der Waals surface area contributed by atoms with Crippen LogP contribution in [0, 0.1) is 11.5 Å². The Morgan fingerprint density at radius 1 is 1.40 bits per heavy atom. The normalized spacial score (nSPS) is 8.40. The van der Waals surface area contributed by atoms with Gasteiger partial charge in [-0.05, 0) is 17.2 Å². The van der Waals surface area contributed by atoms with Crippen LogP contribution in [0.3, 0.4) is 0 Å². The van der Waals surface area contributed by atoms with E-state index in [1.807, 2.05) is 0 Å². The summed E-state index contributed by atoms with van der Waals surface area (Å²) in [6.07, 6.45) is 1.45. The lowest BCUT2D eigenvalue weighted by molar-refractivity contribution is 1.35. The van der Waals surface area contributed by atoms with E-state index in [9.17, 15) is 0 Å². The molecule has 2 nitrogen and oxygen atoms in total. The molecule has 0 aromatic rings. The van der Waals surface area contributed by atoms with Crippen molar-refractivity contribution in [3.05, 3.63) is 24.3 Å². The SMILES string of the molecule is N#CNCl.c1cc2cc-2c1. The Morgan fingerprint density at radius 2 is 1.90 bits per heavy atom. The summed E-state index contributed by atoms with van der Waals surface area (Å²) in [6.45, 7) is 0. The molecule has 0 heterocycles. The van der Waals surface area contributed by atoms with Crippen molar-refractivity contribution in [3.8, 4) is 17.3 Å². The molecule has 0 saturated carbocycles. The molecule has 0 amide bonds. The molecule has 10 heavy (non-hydrogen) atoms. The molecule has 0 spiro atoms. The molecule has 0 saturated heterocycles. The summed E-state index contributed by atoms with van der Waals surface area (Å²) in [5, 5.41) is 7.38. The largest absolute Gasteiger partial charge is 0.235 e. The predicted octanol–water partition coefficient (Wildman–Crippen LogP) is 1.88. The van der Waals surface area contributed by atoms with Crippen LogP contribution >= 0.6 is 11.8 Å². The van der Waals surface area contributed by atoms with Gasteiger partial charge in [0.1, 0.15) is 0 Å². The molecule has 1 N–H and O–H groups in total. The first-order valence-corrected chi connectivity index (χ1v) is 3.11. The molecule has 0 atom stereocenters. The summed E-state index contributed by atoms with van der Waals surface area (Å²) in [6, 6.07) is 8.48. The lowest BCUT2D eigenvalue weighted by Crippen LogP contribution is -1.76. The third kappa shape index (κ3) is 1.64. The lowest BCUT2D eigenvalue weighted by atomic mass is 10.6. The number of benzene rings is 1. The van der Waals surface area contributed by atoms with Gasteiger partial charge in [-0.25, -0.2) is 4.84 Å². The van der Waals surface area contributed by atoms with E-state index >= 15 is 0 Å². The monoisotopic (exact) mass is 152 g/mol. The highest BCUT2D eigenvalue weighted by atomic mass is 35.5. The molecule has 0 aliphatic heterocycles. The smallest absolute Gasteiger partial charge is 0.192 e. The van der Waals surface area contributed by atoms with Gasteiger partial charge in [0.05, 0.1) is 0 Å². The van der Waals surface area contributed by atoms with Gasteiger partial charge in [0.2, 0.25) is 0 Å². The van der Waals surface area contributed by atoms with Gasteiger partial charge in [-0.1, -0.05) is 18.2 Å². The zero-order chi connectivity index (χ0) is 7.40. The Labute approximate surface area is 64.2 Å². The number of fused-ring (bicyclic) bond motifs is 1. The summed E-state index contributed by atoms with van der Waals surface area (Å²) >= 11 is 4.57. The summed E-state index contributed by atoms with van der Waals surface area (Å²) in [4.78, 5) is 1.71. The minimum atomic E-state index is 1.43. The molecular formula is C7H5ClN2. The highest BCUT2D eigenvalue weighted by molar-refractivity contribution is 6.14. The average Bonchev–Trinajstić information content (AvgIpc) is 2.60. The third-order valence-corrected chi connectivity index (χ3v) is 1.24. The fraction of sp³-hybridized carbons (Fsp3) is 0. The van der Waals surface area contributed by atoms with Crippen LogP contribution in [0.15, 0.2) is 24.3 Å². The second kappa shape index (κ2) is 3.09. The van der Waals surface area contributed by atoms with Crippen LogP contribution in [0.1, 0.15) is 0 Å². The zero-order valence-electron chi connectivity index (χ0n) is 5.13. The molecule has 3 heteroatoms. The second-order valence-corrected chi connectivity index (χ2v) is 1.98. The van der Waals surface area contributed by atoms with Crippen molar-refractivity contribution in [2.24, 2.45) is 0 Å². The van der Waals surface area contributed by atoms with E-state index in [-0.39, 0.29) is 0 Å². The average molecular weight is 153 g/mol. The van der Waals surface area contributed by atoms with Crippen LogP contribution < -0.4 is 4.84 Å². The number of halogens is 1. The maximum atomic E-state index is 7.38. The first-order valence-electron chi connectivity index (χ1n) is 2.73. The van der Waals surface area contributed by atoms with E-state index in [1.54, 1.807) is 4.84 Å². The zero-order valence-corrected chi connectivity index (χ0v) is 5.89.